The molecule has 2 aromatic heterocycles. The second-order valence-corrected chi connectivity index (χ2v) is 9.42. The van der Waals surface area contributed by atoms with Crippen LogP contribution in [0.1, 0.15) is 33.6 Å². The van der Waals surface area contributed by atoms with E-state index in [2.05, 4.69) is 10.2 Å². The number of para-hydroxylation sites is 1. The van der Waals surface area contributed by atoms with Crippen molar-refractivity contribution < 1.29 is 13.9 Å². The van der Waals surface area contributed by atoms with E-state index in [1.165, 1.54) is 0 Å². The zero-order valence-corrected chi connectivity index (χ0v) is 19.3. The number of amides is 1. The van der Waals surface area contributed by atoms with Crippen LogP contribution >= 0.6 is 23.1 Å². The number of aromatic nitrogens is 2. The molecule has 8 heteroatoms. The summed E-state index contributed by atoms with van der Waals surface area (Å²) < 4.78 is 12.4. The molecule has 0 saturated carbocycles. The summed E-state index contributed by atoms with van der Waals surface area (Å²) in [6, 6.07) is 15.5. The first-order valence-electron chi connectivity index (χ1n) is 9.95. The van der Waals surface area contributed by atoms with Gasteiger partial charge in [-0.25, -0.2) is 0 Å². The zero-order valence-electron chi connectivity index (χ0n) is 17.6. The Labute approximate surface area is 189 Å². The van der Waals surface area contributed by atoms with Gasteiger partial charge in [-0.15, -0.1) is 10.2 Å². The van der Waals surface area contributed by atoms with Crippen molar-refractivity contribution in [2.24, 2.45) is 0 Å². The van der Waals surface area contributed by atoms with Crippen LogP contribution in [0.3, 0.4) is 0 Å². The molecule has 4 aromatic rings. The molecule has 0 bridgehead atoms. The SMILES string of the molecule is CCOc1ccc(CN(C)C(=O)c2oc3ccccc3c2CSc2nnc(C)s2)cc1. The largest absolute Gasteiger partial charge is 0.494 e. The van der Waals surface area contributed by atoms with E-state index < -0.39 is 0 Å². The minimum absolute atomic E-state index is 0.144. The number of fused-ring (bicyclic) bond motifs is 1. The topological polar surface area (TPSA) is 68.5 Å². The molecule has 31 heavy (non-hydrogen) atoms. The number of hydrogen-bond acceptors (Lipinski definition) is 7. The quantitative estimate of drug-likeness (QED) is 0.326. The summed E-state index contributed by atoms with van der Waals surface area (Å²) in [5.74, 6) is 1.64. The number of nitrogens with zero attached hydrogens (tertiary/aromatic N) is 3. The predicted molar refractivity (Wildman–Crippen MR) is 124 cm³/mol. The molecule has 160 valence electrons. The van der Waals surface area contributed by atoms with Crippen molar-refractivity contribution in [3.05, 3.63) is 70.4 Å². The van der Waals surface area contributed by atoms with Gasteiger partial charge in [0.2, 0.25) is 0 Å². The lowest BCUT2D eigenvalue weighted by Gasteiger charge is -2.17. The van der Waals surface area contributed by atoms with Gasteiger partial charge in [-0.1, -0.05) is 53.4 Å². The molecule has 4 rings (SSSR count). The van der Waals surface area contributed by atoms with Crippen molar-refractivity contribution in [1.82, 2.24) is 15.1 Å². The van der Waals surface area contributed by atoms with Crippen molar-refractivity contribution in [2.45, 2.75) is 30.5 Å². The molecule has 0 unspecified atom stereocenters. The van der Waals surface area contributed by atoms with Crippen LogP contribution in [0.2, 0.25) is 0 Å². The van der Waals surface area contributed by atoms with Gasteiger partial charge in [0.15, 0.2) is 10.1 Å². The van der Waals surface area contributed by atoms with E-state index in [0.29, 0.717) is 30.2 Å². The molecular weight excluding hydrogens is 430 g/mol. The summed E-state index contributed by atoms with van der Waals surface area (Å²) in [4.78, 5) is 15.0. The van der Waals surface area contributed by atoms with Crippen LogP contribution in [0.5, 0.6) is 5.75 Å². The third-order valence-electron chi connectivity index (χ3n) is 4.74. The standard InChI is InChI=1S/C23H23N3O3S2/c1-4-28-17-11-9-16(10-12-17)13-26(3)22(27)21-19(14-30-23-25-24-15(2)31-23)18-7-5-6-8-20(18)29-21/h5-12H,4,13-14H2,1-3H3. The molecule has 0 aliphatic rings. The Morgan fingerprint density at radius 2 is 1.94 bits per heavy atom. The molecule has 0 radical (unpaired) electrons. The number of hydrogen-bond donors (Lipinski definition) is 0. The van der Waals surface area contributed by atoms with Gasteiger partial charge in [0.25, 0.3) is 5.91 Å². The first-order chi connectivity index (χ1) is 15.0. The molecule has 6 nitrogen and oxygen atoms in total. The van der Waals surface area contributed by atoms with Gasteiger partial charge in [0.05, 0.1) is 6.61 Å². The molecule has 0 atom stereocenters. The van der Waals surface area contributed by atoms with Crippen LogP contribution in [0.15, 0.2) is 57.3 Å². The summed E-state index contributed by atoms with van der Waals surface area (Å²) in [5.41, 5.74) is 2.62. The average molecular weight is 454 g/mol. The number of aryl methyl sites for hydroxylation is 1. The zero-order chi connectivity index (χ0) is 21.8. The average Bonchev–Trinajstić information content (AvgIpc) is 3.36. The molecule has 0 N–H and O–H groups in total. The lowest BCUT2D eigenvalue weighted by Crippen LogP contribution is -2.26. The predicted octanol–water partition coefficient (Wildman–Crippen LogP) is 5.56. The third-order valence-corrected chi connectivity index (χ3v) is 6.74. The number of carbonyl (C=O) groups is 1. The Balaban J connectivity index is 1.56. The fourth-order valence-corrected chi connectivity index (χ4v) is 5.11. The Morgan fingerprint density at radius 1 is 1.16 bits per heavy atom. The minimum atomic E-state index is -0.144. The smallest absolute Gasteiger partial charge is 0.289 e. The van der Waals surface area contributed by atoms with E-state index in [0.717, 1.165) is 31.6 Å². The summed E-state index contributed by atoms with van der Waals surface area (Å²) in [7, 11) is 1.79. The van der Waals surface area contributed by atoms with Crippen LogP contribution in [-0.4, -0.2) is 34.7 Å². The Kier molecular flexibility index (Phi) is 6.58. The number of ether oxygens (including phenoxy) is 1. The van der Waals surface area contributed by atoms with Gasteiger partial charge >= 0.3 is 0 Å². The van der Waals surface area contributed by atoms with Crippen LogP contribution in [-0.2, 0) is 12.3 Å². The van der Waals surface area contributed by atoms with Crippen LogP contribution in [0.25, 0.3) is 11.0 Å². The number of thioether (sulfide) groups is 1. The molecule has 0 fully saturated rings. The highest BCUT2D eigenvalue weighted by Crippen LogP contribution is 2.33. The monoisotopic (exact) mass is 453 g/mol. The fraction of sp³-hybridized carbons (Fsp3) is 0.261. The first kappa shape index (κ1) is 21.4. The van der Waals surface area contributed by atoms with Gasteiger partial charge in [0.1, 0.15) is 16.3 Å². The molecular formula is C23H23N3O3S2. The molecule has 0 saturated heterocycles. The normalized spacial score (nSPS) is 11.1. The summed E-state index contributed by atoms with van der Waals surface area (Å²) >= 11 is 3.11. The molecule has 2 heterocycles. The number of furan rings is 1. The van der Waals surface area contributed by atoms with E-state index in [-0.39, 0.29) is 5.91 Å². The Bertz CT molecular complexity index is 1180. The first-order valence-corrected chi connectivity index (χ1v) is 11.8. The van der Waals surface area contributed by atoms with Gasteiger partial charge in [-0.05, 0) is 37.6 Å². The van der Waals surface area contributed by atoms with E-state index in [1.54, 1.807) is 35.0 Å². The molecule has 0 aliphatic carbocycles. The highest BCUT2D eigenvalue weighted by atomic mass is 32.2. The lowest BCUT2D eigenvalue weighted by atomic mass is 10.1. The summed E-state index contributed by atoms with van der Waals surface area (Å²) in [6.45, 7) is 4.99. The maximum absolute atomic E-state index is 13.3. The van der Waals surface area contributed by atoms with Gasteiger partial charge in [-0.3, -0.25) is 4.79 Å². The summed E-state index contributed by atoms with van der Waals surface area (Å²) in [6.07, 6.45) is 0. The van der Waals surface area contributed by atoms with Crippen LogP contribution in [0.4, 0.5) is 0 Å². The van der Waals surface area contributed by atoms with Crippen molar-refractivity contribution in [1.29, 1.82) is 0 Å². The fourth-order valence-electron chi connectivity index (χ4n) is 3.26. The number of carbonyl (C=O) groups excluding carboxylic acids is 1. The second-order valence-electron chi connectivity index (χ2n) is 7.02. The van der Waals surface area contributed by atoms with E-state index in [9.17, 15) is 4.79 Å². The van der Waals surface area contributed by atoms with Gasteiger partial charge in [-0.2, -0.15) is 0 Å². The van der Waals surface area contributed by atoms with Gasteiger partial charge < -0.3 is 14.1 Å². The highest BCUT2D eigenvalue weighted by Gasteiger charge is 2.24. The highest BCUT2D eigenvalue weighted by molar-refractivity contribution is 8.00. The van der Waals surface area contributed by atoms with E-state index in [1.807, 2.05) is 62.4 Å². The van der Waals surface area contributed by atoms with Crippen LogP contribution < -0.4 is 4.74 Å². The van der Waals surface area contributed by atoms with E-state index in [4.69, 9.17) is 9.15 Å². The number of benzene rings is 2. The van der Waals surface area contributed by atoms with Gasteiger partial charge in [0, 0.05) is 30.3 Å². The Morgan fingerprint density at radius 3 is 2.65 bits per heavy atom. The molecule has 2 aromatic carbocycles. The summed E-state index contributed by atoms with van der Waals surface area (Å²) in [5, 5.41) is 10.1. The molecule has 0 aliphatic heterocycles. The van der Waals surface area contributed by atoms with Crippen molar-refractivity contribution >= 4 is 40.0 Å². The van der Waals surface area contributed by atoms with E-state index >= 15 is 0 Å². The van der Waals surface area contributed by atoms with Crippen molar-refractivity contribution in [2.75, 3.05) is 13.7 Å². The molecule has 1 amide bonds. The van der Waals surface area contributed by atoms with Crippen molar-refractivity contribution in [3.8, 4) is 5.75 Å². The minimum Gasteiger partial charge on any atom is -0.494 e. The van der Waals surface area contributed by atoms with Crippen molar-refractivity contribution in [3.63, 3.8) is 0 Å². The molecule has 0 spiro atoms. The Hall–Kier alpha value is -2.84. The third kappa shape index (κ3) is 4.91. The maximum atomic E-state index is 13.3. The van der Waals surface area contributed by atoms with Crippen LogP contribution in [0, 0.1) is 6.92 Å². The lowest BCUT2D eigenvalue weighted by molar-refractivity contribution is 0.0754. The number of rotatable bonds is 8. The second kappa shape index (κ2) is 9.53. The maximum Gasteiger partial charge on any atom is 0.289 e.